The van der Waals surface area contributed by atoms with Crippen molar-refractivity contribution in [2.45, 2.75) is 70.1 Å². The summed E-state index contributed by atoms with van der Waals surface area (Å²) in [7, 11) is 2.31. The predicted molar refractivity (Wildman–Crippen MR) is 119 cm³/mol. The van der Waals surface area contributed by atoms with Crippen molar-refractivity contribution in [3.63, 3.8) is 0 Å². The molecule has 0 saturated carbocycles. The van der Waals surface area contributed by atoms with Crippen LogP contribution in [0.5, 0.6) is 5.75 Å². The van der Waals surface area contributed by atoms with Gasteiger partial charge < -0.3 is 15.3 Å². The Morgan fingerprint density at radius 1 is 1.17 bits per heavy atom. The zero-order valence-electron chi connectivity index (χ0n) is 17.9. The highest BCUT2D eigenvalue weighted by Crippen LogP contribution is 2.33. The number of phenolic OH excluding ortho intramolecular Hbond substituents is 1. The number of phenols is 1. The molecule has 4 heterocycles. The summed E-state index contributed by atoms with van der Waals surface area (Å²) in [6.07, 6.45) is 7.41. The Hall–Kier alpha value is -2.44. The third-order valence-corrected chi connectivity index (χ3v) is 7.12. The fraction of sp³-hybridized carbons (Fsp3) is 0.500. The number of aromatic amines is 1. The number of nitrogens with zero attached hydrogens (tertiary/aromatic N) is 3. The first kappa shape index (κ1) is 19.5. The van der Waals surface area contributed by atoms with Crippen LogP contribution in [0, 0.1) is 0 Å². The quantitative estimate of drug-likeness (QED) is 0.598. The molecule has 158 valence electrons. The Kier molecular flexibility index (Phi) is 5.21. The van der Waals surface area contributed by atoms with Gasteiger partial charge in [-0.2, -0.15) is 5.10 Å². The van der Waals surface area contributed by atoms with E-state index in [4.69, 9.17) is 4.98 Å². The molecule has 2 saturated heterocycles. The number of pyridine rings is 1. The normalized spacial score (nSPS) is 24.4. The van der Waals surface area contributed by atoms with Gasteiger partial charge in [-0.3, -0.25) is 5.10 Å². The molecule has 0 amide bonds. The van der Waals surface area contributed by atoms with Crippen molar-refractivity contribution in [1.82, 2.24) is 25.4 Å². The van der Waals surface area contributed by atoms with E-state index in [2.05, 4.69) is 40.5 Å². The van der Waals surface area contributed by atoms with Crippen molar-refractivity contribution in [2.75, 3.05) is 7.05 Å². The first-order valence-electron chi connectivity index (χ1n) is 11.2. The maximum atomic E-state index is 9.63. The van der Waals surface area contributed by atoms with Gasteiger partial charge in [0.15, 0.2) is 5.65 Å². The lowest BCUT2D eigenvalue weighted by Gasteiger charge is -2.47. The summed E-state index contributed by atoms with van der Waals surface area (Å²) >= 11 is 0. The number of hydrogen-bond donors (Lipinski definition) is 3. The van der Waals surface area contributed by atoms with Crippen LogP contribution >= 0.6 is 0 Å². The van der Waals surface area contributed by atoms with Crippen molar-refractivity contribution in [1.29, 1.82) is 0 Å². The van der Waals surface area contributed by atoms with Gasteiger partial charge in [-0.1, -0.05) is 13.3 Å². The molecule has 0 aliphatic carbocycles. The topological polar surface area (TPSA) is 77.1 Å². The van der Waals surface area contributed by atoms with Gasteiger partial charge >= 0.3 is 0 Å². The monoisotopic (exact) mass is 405 g/mol. The van der Waals surface area contributed by atoms with Crippen LogP contribution in [-0.2, 0) is 13.0 Å². The Morgan fingerprint density at radius 3 is 2.60 bits per heavy atom. The summed E-state index contributed by atoms with van der Waals surface area (Å²) in [6, 6.07) is 11.4. The lowest BCUT2D eigenvalue weighted by atomic mass is 9.82. The summed E-state index contributed by atoms with van der Waals surface area (Å²) in [5.74, 6) is 0.266. The van der Waals surface area contributed by atoms with E-state index in [1.54, 1.807) is 12.1 Å². The van der Waals surface area contributed by atoms with Crippen LogP contribution in [0.25, 0.3) is 22.3 Å². The van der Waals surface area contributed by atoms with Gasteiger partial charge in [0.2, 0.25) is 0 Å². The smallest absolute Gasteiger partial charge is 0.182 e. The second kappa shape index (κ2) is 8.00. The van der Waals surface area contributed by atoms with E-state index in [-0.39, 0.29) is 5.75 Å². The SMILES string of the molecule is CCc1[nH]nc2nc(-c3ccc(O)cc3)cc(CNC3CC4CCCC(C3)N4C)c12. The molecule has 3 aromatic rings. The molecule has 6 nitrogen and oxygen atoms in total. The van der Waals surface area contributed by atoms with Crippen LogP contribution in [0.1, 0.15) is 50.3 Å². The second-order valence-electron chi connectivity index (χ2n) is 8.92. The number of rotatable bonds is 5. The minimum atomic E-state index is 0.266. The second-order valence-corrected chi connectivity index (χ2v) is 8.92. The number of aromatic nitrogens is 3. The number of nitrogens with one attached hydrogen (secondary N) is 2. The Bertz CT molecular complexity index is 1010. The summed E-state index contributed by atoms with van der Waals surface area (Å²) < 4.78 is 0. The first-order valence-corrected chi connectivity index (χ1v) is 11.2. The van der Waals surface area contributed by atoms with Crippen LogP contribution < -0.4 is 5.32 Å². The molecule has 1 aromatic carbocycles. The average Bonchev–Trinajstić information content (AvgIpc) is 3.16. The van der Waals surface area contributed by atoms with Crippen LogP contribution in [0.3, 0.4) is 0 Å². The molecule has 2 bridgehead atoms. The molecule has 2 aliphatic heterocycles. The molecule has 2 unspecified atom stereocenters. The van der Waals surface area contributed by atoms with Gasteiger partial charge in [0.1, 0.15) is 5.75 Å². The lowest BCUT2D eigenvalue weighted by molar-refractivity contribution is 0.0482. The number of hydrogen-bond acceptors (Lipinski definition) is 5. The molecule has 2 fully saturated rings. The molecule has 2 atom stereocenters. The number of fused-ring (bicyclic) bond motifs is 3. The van der Waals surface area contributed by atoms with Gasteiger partial charge in [0.25, 0.3) is 0 Å². The van der Waals surface area contributed by atoms with E-state index in [1.807, 2.05) is 12.1 Å². The average molecular weight is 406 g/mol. The van der Waals surface area contributed by atoms with Gasteiger partial charge in [0.05, 0.1) is 5.69 Å². The summed E-state index contributed by atoms with van der Waals surface area (Å²) in [4.78, 5) is 7.41. The molecule has 2 aliphatic rings. The number of piperidine rings is 2. The van der Waals surface area contributed by atoms with E-state index >= 15 is 0 Å². The zero-order chi connectivity index (χ0) is 20.7. The first-order chi connectivity index (χ1) is 14.6. The highest BCUT2D eigenvalue weighted by Gasteiger charge is 2.35. The van der Waals surface area contributed by atoms with E-state index in [0.29, 0.717) is 6.04 Å². The minimum Gasteiger partial charge on any atom is -0.508 e. The van der Waals surface area contributed by atoms with Crippen molar-refractivity contribution < 1.29 is 5.11 Å². The number of H-pyrrole nitrogens is 1. The maximum Gasteiger partial charge on any atom is 0.182 e. The van der Waals surface area contributed by atoms with Gasteiger partial charge in [-0.25, -0.2) is 4.98 Å². The van der Waals surface area contributed by atoms with Gasteiger partial charge in [0, 0.05) is 41.3 Å². The predicted octanol–water partition coefficient (Wildman–Crippen LogP) is 4.00. The largest absolute Gasteiger partial charge is 0.508 e. The number of aromatic hydroxyl groups is 1. The van der Waals surface area contributed by atoms with Crippen LogP contribution in [0.2, 0.25) is 0 Å². The summed E-state index contributed by atoms with van der Waals surface area (Å²) in [5.41, 5.74) is 5.05. The standard InChI is InChI=1S/C24H31N5O/c1-3-21-23-16(14-25-17-12-18-5-4-6-19(13-17)29(18)2)11-22(26-24(23)28-27-21)15-7-9-20(30)10-8-15/h7-11,17-19,25,30H,3-6,12-14H2,1-2H3,(H,26,27,28). The Balaban J connectivity index is 1.43. The van der Waals surface area contributed by atoms with Crippen molar-refractivity contribution in [3.05, 3.63) is 41.6 Å². The zero-order valence-corrected chi connectivity index (χ0v) is 17.9. The van der Waals surface area contributed by atoms with Crippen LogP contribution in [0.15, 0.2) is 30.3 Å². The van der Waals surface area contributed by atoms with Crippen molar-refractivity contribution in [2.24, 2.45) is 0 Å². The van der Waals surface area contributed by atoms with E-state index in [0.717, 1.165) is 53.0 Å². The molecule has 0 radical (unpaired) electrons. The summed E-state index contributed by atoms with van der Waals surface area (Å²) in [5, 5.41) is 22.3. The van der Waals surface area contributed by atoms with Crippen LogP contribution in [0.4, 0.5) is 0 Å². The molecule has 6 heteroatoms. The van der Waals surface area contributed by atoms with E-state index < -0.39 is 0 Å². The highest BCUT2D eigenvalue weighted by atomic mass is 16.3. The molecule has 30 heavy (non-hydrogen) atoms. The van der Waals surface area contributed by atoms with Gasteiger partial charge in [-0.15, -0.1) is 0 Å². The highest BCUT2D eigenvalue weighted by molar-refractivity contribution is 5.84. The third-order valence-electron chi connectivity index (χ3n) is 7.12. The maximum absolute atomic E-state index is 9.63. The van der Waals surface area contributed by atoms with Crippen molar-refractivity contribution in [3.8, 4) is 17.0 Å². The van der Waals surface area contributed by atoms with Gasteiger partial charge in [-0.05, 0) is 75.0 Å². The number of benzene rings is 1. The van der Waals surface area contributed by atoms with E-state index in [1.165, 1.54) is 37.7 Å². The molecule has 5 rings (SSSR count). The fourth-order valence-corrected chi connectivity index (χ4v) is 5.38. The minimum absolute atomic E-state index is 0.266. The molecular weight excluding hydrogens is 374 g/mol. The van der Waals surface area contributed by atoms with E-state index in [9.17, 15) is 5.11 Å². The van der Waals surface area contributed by atoms with Crippen molar-refractivity contribution >= 4 is 11.0 Å². The molecule has 0 spiro atoms. The Labute approximate surface area is 177 Å². The third kappa shape index (κ3) is 3.59. The molecule has 2 aromatic heterocycles. The fourth-order valence-electron chi connectivity index (χ4n) is 5.38. The molecule has 3 N–H and O–H groups in total. The molecular formula is C24H31N5O. The lowest BCUT2D eigenvalue weighted by Crippen LogP contribution is -2.54. The Morgan fingerprint density at radius 2 is 1.90 bits per heavy atom. The number of aryl methyl sites for hydroxylation is 1. The summed E-state index contributed by atoms with van der Waals surface area (Å²) in [6.45, 7) is 2.97. The van der Waals surface area contributed by atoms with Crippen LogP contribution in [-0.4, -0.2) is 50.4 Å².